The van der Waals surface area contributed by atoms with Gasteiger partial charge in [0, 0.05) is 16.3 Å². The fraction of sp³-hybridized carbons (Fsp3) is 0.308. The van der Waals surface area contributed by atoms with Crippen LogP contribution in [-0.2, 0) is 0 Å². The number of hydrogen-bond acceptors (Lipinski definition) is 2. The first-order valence-electron chi connectivity index (χ1n) is 5.73. The van der Waals surface area contributed by atoms with Crippen LogP contribution in [0.2, 0.25) is 5.02 Å². The van der Waals surface area contributed by atoms with Crippen molar-refractivity contribution in [2.24, 2.45) is 0 Å². The number of rotatable bonds is 3. The molecule has 0 saturated heterocycles. The lowest BCUT2D eigenvalue weighted by molar-refractivity contribution is 0.705. The fourth-order valence-electron chi connectivity index (χ4n) is 1.88. The van der Waals surface area contributed by atoms with Crippen molar-refractivity contribution in [1.29, 1.82) is 0 Å². The maximum atomic E-state index is 6.01. The third-order valence-electron chi connectivity index (χ3n) is 3.04. The van der Waals surface area contributed by atoms with Crippen molar-refractivity contribution in [2.75, 3.05) is 5.73 Å². The van der Waals surface area contributed by atoms with E-state index in [4.69, 9.17) is 17.3 Å². The summed E-state index contributed by atoms with van der Waals surface area (Å²) in [6.45, 7) is 4.30. The Hall–Kier alpha value is -1.48. The van der Waals surface area contributed by atoms with Gasteiger partial charge < -0.3 is 5.73 Å². The Kier molecular flexibility index (Phi) is 3.38. The first kappa shape index (κ1) is 12.0. The summed E-state index contributed by atoms with van der Waals surface area (Å²) in [7, 11) is 0. The Morgan fingerprint density at radius 2 is 2.24 bits per heavy atom. The molecule has 0 fully saturated rings. The molecule has 1 unspecified atom stereocenters. The van der Waals surface area contributed by atoms with Gasteiger partial charge in [0.2, 0.25) is 0 Å². The lowest BCUT2D eigenvalue weighted by atomic mass is 9.96. The number of aromatic nitrogens is 2. The van der Waals surface area contributed by atoms with Gasteiger partial charge in [0.25, 0.3) is 0 Å². The van der Waals surface area contributed by atoms with Gasteiger partial charge in [0.05, 0.1) is 0 Å². The minimum Gasteiger partial charge on any atom is -0.382 e. The second-order valence-corrected chi connectivity index (χ2v) is 4.65. The summed E-state index contributed by atoms with van der Waals surface area (Å²) in [5, 5.41) is 7.83. The van der Waals surface area contributed by atoms with E-state index in [-0.39, 0.29) is 0 Å². The van der Waals surface area contributed by atoms with E-state index in [0.717, 1.165) is 23.2 Å². The predicted octanol–water partition coefficient (Wildman–Crippen LogP) is 3.83. The Morgan fingerprint density at radius 1 is 1.47 bits per heavy atom. The Bertz CT molecular complexity index is 519. The van der Waals surface area contributed by atoms with Crippen LogP contribution in [0.5, 0.6) is 0 Å². The molecule has 17 heavy (non-hydrogen) atoms. The highest BCUT2D eigenvalue weighted by Crippen LogP contribution is 2.34. The number of nitrogens with two attached hydrogens (primary N) is 1. The highest BCUT2D eigenvalue weighted by atomic mass is 35.5. The normalized spacial score (nSPS) is 12.6. The monoisotopic (exact) mass is 249 g/mol. The summed E-state index contributed by atoms with van der Waals surface area (Å²) in [5.74, 6) is 0.927. The minimum absolute atomic E-state index is 0.397. The van der Waals surface area contributed by atoms with Gasteiger partial charge in [-0.3, -0.25) is 5.10 Å². The zero-order valence-corrected chi connectivity index (χ0v) is 10.8. The van der Waals surface area contributed by atoms with Crippen LogP contribution in [0.15, 0.2) is 24.3 Å². The summed E-state index contributed by atoms with van der Waals surface area (Å²) in [6, 6.07) is 7.68. The molecule has 90 valence electrons. The first-order chi connectivity index (χ1) is 8.13. The number of H-pyrrole nitrogens is 1. The van der Waals surface area contributed by atoms with Crippen LogP contribution in [-0.4, -0.2) is 10.2 Å². The molecule has 2 rings (SSSR count). The van der Waals surface area contributed by atoms with Crippen molar-refractivity contribution < 1.29 is 0 Å². The van der Waals surface area contributed by atoms with Gasteiger partial charge in [0.1, 0.15) is 0 Å². The zero-order valence-electron chi connectivity index (χ0n) is 10.00. The highest BCUT2D eigenvalue weighted by molar-refractivity contribution is 6.30. The Morgan fingerprint density at radius 3 is 2.88 bits per heavy atom. The Labute approximate surface area is 106 Å². The first-order valence-corrected chi connectivity index (χ1v) is 6.11. The summed E-state index contributed by atoms with van der Waals surface area (Å²) < 4.78 is 0. The molecule has 3 nitrogen and oxygen atoms in total. The molecule has 1 atom stereocenters. The van der Waals surface area contributed by atoms with Crippen molar-refractivity contribution in [2.45, 2.75) is 26.2 Å². The van der Waals surface area contributed by atoms with E-state index >= 15 is 0 Å². The second-order valence-electron chi connectivity index (χ2n) is 4.22. The number of anilines is 1. The average Bonchev–Trinajstić information content (AvgIpc) is 2.70. The molecule has 0 saturated carbocycles. The van der Waals surface area contributed by atoms with Gasteiger partial charge in [-0.2, -0.15) is 5.10 Å². The van der Waals surface area contributed by atoms with Crippen molar-refractivity contribution in [1.82, 2.24) is 10.2 Å². The summed E-state index contributed by atoms with van der Waals surface area (Å²) in [5.41, 5.74) is 8.99. The van der Waals surface area contributed by atoms with E-state index in [9.17, 15) is 0 Å². The molecule has 4 heteroatoms. The van der Waals surface area contributed by atoms with E-state index in [1.807, 2.05) is 24.3 Å². The highest BCUT2D eigenvalue weighted by Gasteiger charge is 2.17. The molecule has 0 spiro atoms. The van der Waals surface area contributed by atoms with Crippen LogP contribution in [0.3, 0.4) is 0 Å². The topological polar surface area (TPSA) is 54.7 Å². The number of hydrogen-bond donors (Lipinski definition) is 2. The van der Waals surface area contributed by atoms with Gasteiger partial charge in [-0.25, -0.2) is 0 Å². The standard InChI is InChI=1S/C13H16ClN3/c1-3-8(2)12-11(13(15)17-16-12)9-5-4-6-10(14)7-9/h4-8H,3H2,1-2H3,(H3,15,16,17). The number of nitrogen functional groups attached to an aromatic ring is 1. The molecule has 0 aliphatic carbocycles. The third-order valence-corrected chi connectivity index (χ3v) is 3.28. The molecule has 0 aliphatic rings. The van der Waals surface area contributed by atoms with Gasteiger partial charge in [0.15, 0.2) is 5.82 Å². The van der Waals surface area contributed by atoms with Gasteiger partial charge in [-0.05, 0) is 30.0 Å². The number of aromatic amines is 1. The summed E-state index contributed by atoms with van der Waals surface area (Å²) in [4.78, 5) is 0. The smallest absolute Gasteiger partial charge is 0.153 e. The number of benzene rings is 1. The molecule has 0 radical (unpaired) electrons. The molecule has 1 aromatic carbocycles. The van der Waals surface area contributed by atoms with Crippen LogP contribution in [0.1, 0.15) is 31.9 Å². The quantitative estimate of drug-likeness (QED) is 0.869. The van der Waals surface area contributed by atoms with E-state index in [2.05, 4.69) is 24.0 Å². The van der Waals surface area contributed by atoms with Crippen LogP contribution < -0.4 is 5.73 Å². The molecule has 2 aromatic rings. The SMILES string of the molecule is CCC(C)c1[nH]nc(N)c1-c1cccc(Cl)c1. The van der Waals surface area contributed by atoms with E-state index in [0.29, 0.717) is 16.8 Å². The van der Waals surface area contributed by atoms with Crippen LogP contribution in [0.25, 0.3) is 11.1 Å². The molecular formula is C13H16ClN3. The van der Waals surface area contributed by atoms with Gasteiger partial charge in [-0.15, -0.1) is 0 Å². The van der Waals surface area contributed by atoms with E-state index in [1.54, 1.807) is 0 Å². The summed E-state index contributed by atoms with van der Waals surface area (Å²) >= 11 is 6.01. The van der Waals surface area contributed by atoms with Crippen LogP contribution in [0, 0.1) is 0 Å². The molecule has 0 amide bonds. The molecule has 0 aliphatic heterocycles. The maximum Gasteiger partial charge on any atom is 0.153 e. The van der Waals surface area contributed by atoms with Crippen LogP contribution >= 0.6 is 11.6 Å². The van der Waals surface area contributed by atoms with E-state index < -0.39 is 0 Å². The number of nitrogens with one attached hydrogen (secondary N) is 1. The lowest BCUT2D eigenvalue weighted by Gasteiger charge is -2.10. The van der Waals surface area contributed by atoms with Gasteiger partial charge in [-0.1, -0.05) is 37.6 Å². The van der Waals surface area contributed by atoms with Crippen molar-refractivity contribution in [3.63, 3.8) is 0 Å². The largest absolute Gasteiger partial charge is 0.382 e. The van der Waals surface area contributed by atoms with Gasteiger partial charge >= 0.3 is 0 Å². The molecule has 1 heterocycles. The zero-order chi connectivity index (χ0) is 12.4. The Balaban J connectivity index is 2.54. The third kappa shape index (κ3) is 2.29. The second kappa shape index (κ2) is 4.80. The molecule has 0 bridgehead atoms. The minimum atomic E-state index is 0.397. The summed E-state index contributed by atoms with van der Waals surface area (Å²) in [6.07, 6.45) is 1.04. The van der Waals surface area contributed by atoms with Crippen molar-refractivity contribution in [3.05, 3.63) is 35.0 Å². The van der Waals surface area contributed by atoms with E-state index in [1.165, 1.54) is 0 Å². The molecule has 1 aromatic heterocycles. The average molecular weight is 250 g/mol. The maximum absolute atomic E-state index is 6.01. The van der Waals surface area contributed by atoms with Crippen molar-refractivity contribution >= 4 is 17.4 Å². The van der Waals surface area contributed by atoms with Crippen LogP contribution in [0.4, 0.5) is 5.82 Å². The lowest BCUT2D eigenvalue weighted by Crippen LogP contribution is -1.95. The molecule has 3 N–H and O–H groups in total. The predicted molar refractivity (Wildman–Crippen MR) is 72.2 cm³/mol. The fourth-order valence-corrected chi connectivity index (χ4v) is 2.07. The van der Waals surface area contributed by atoms with Crippen molar-refractivity contribution in [3.8, 4) is 11.1 Å². The number of halogens is 1. The molecular weight excluding hydrogens is 234 g/mol. The number of nitrogens with zero attached hydrogens (tertiary/aromatic N) is 1.